The normalized spacial score (nSPS) is 16.6. The molecule has 3 aromatic rings. The molecule has 148 valence electrons. The minimum Gasteiger partial charge on any atom is -0.369 e. The fourth-order valence-corrected chi connectivity index (χ4v) is 3.73. The number of rotatable bonds is 4. The Morgan fingerprint density at radius 1 is 1.07 bits per heavy atom. The van der Waals surface area contributed by atoms with Crippen LogP contribution in [-0.4, -0.2) is 39.6 Å². The van der Waals surface area contributed by atoms with E-state index < -0.39 is 0 Å². The van der Waals surface area contributed by atoms with Gasteiger partial charge in [0, 0.05) is 24.8 Å². The number of para-hydroxylation sites is 1. The topological polar surface area (TPSA) is 81.2 Å². The van der Waals surface area contributed by atoms with E-state index in [2.05, 4.69) is 0 Å². The Kier molecular flexibility index (Phi) is 5.16. The third-order valence-corrected chi connectivity index (χ3v) is 5.40. The van der Waals surface area contributed by atoms with Crippen molar-refractivity contribution in [3.63, 3.8) is 0 Å². The van der Waals surface area contributed by atoms with Crippen LogP contribution in [0.1, 0.15) is 28.8 Å². The van der Waals surface area contributed by atoms with Crippen molar-refractivity contribution in [1.82, 2.24) is 14.7 Å². The zero-order valence-corrected chi connectivity index (χ0v) is 16.4. The van der Waals surface area contributed by atoms with Gasteiger partial charge in [0.05, 0.1) is 17.2 Å². The predicted octanol–water partition coefficient (Wildman–Crippen LogP) is 3.19. The lowest BCUT2D eigenvalue weighted by Gasteiger charge is -2.31. The second-order valence-electron chi connectivity index (χ2n) is 7.53. The molecule has 1 atom stereocenters. The molecule has 2 amide bonds. The summed E-state index contributed by atoms with van der Waals surface area (Å²) in [6, 6.07) is 17.7. The highest BCUT2D eigenvalue weighted by atomic mass is 16.2. The molecule has 1 saturated heterocycles. The molecule has 0 spiro atoms. The number of carbonyl (C=O) groups is 2. The van der Waals surface area contributed by atoms with Gasteiger partial charge < -0.3 is 10.6 Å². The Balaban J connectivity index is 1.74. The van der Waals surface area contributed by atoms with E-state index in [1.165, 1.54) is 0 Å². The van der Waals surface area contributed by atoms with Crippen molar-refractivity contribution >= 4 is 11.8 Å². The average molecular weight is 388 g/mol. The quantitative estimate of drug-likeness (QED) is 0.745. The van der Waals surface area contributed by atoms with Gasteiger partial charge in [-0.05, 0) is 31.9 Å². The summed E-state index contributed by atoms with van der Waals surface area (Å²) in [5.74, 6) is -0.755. The highest BCUT2D eigenvalue weighted by Crippen LogP contribution is 2.27. The van der Waals surface area contributed by atoms with Crippen molar-refractivity contribution in [2.24, 2.45) is 11.7 Å². The van der Waals surface area contributed by atoms with E-state index in [0.29, 0.717) is 24.3 Å². The van der Waals surface area contributed by atoms with E-state index in [9.17, 15) is 9.59 Å². The van der Waals surface area contributed by atoms with Crippen molar-refractivity contribution in [3.8, 4) is 16.9 Å². The number of primary amides is 1. The van der Waals surface area contributed by atoms with Gasteiger partial charge in [-0.25, -0.2) is 4.68 Å². The molecule has 0 unspecified atom stereocenters. The van der Waals surface area contributed by atoms with E-state index in [0.717, 1.165) is 29.7 Å². The molecule has 29 heavy (non-hydrogen) atoms. The maximum atomic E-state index is 13.4. The molecular formula is C23H24N4O2. The lowest BCUT2D eigenvalue weighted by atomic mass is 9.96. The maximum absolute atomic E-state index is 13.4. The third kappa shape index (κ3) is 3.92. The molecular weight excluding hydrogens is 364 g/mol. The number of likely N-dealkylation sites (tertiary alicyclic amines) is 1. The number of nitrogens with two attached hydrogens (primary N) is 1. The van der Waals surface area contributed by atoms with Gasteiger partial charge in [0.2, 0.25) is 5.91 Å². The number of carbonyl (C=O) groups excluding carboxylic acids is 2. The Morgan fingerprint density at radius 2 is 1.79 bits per heavy atom. The van der Waals surface area contributed by atoms with E-state index in [4.69, 9.17) is 10.8 Å². The molecule has 4 rings (SSSR count). The molecule has 1 aliphatic rings. The van der Waals surface area contributed by atoms with E-state index in [1.807, 2.05) is 61.5 Å². The Morgan fingerprint density at radius 3 is 2.48 bits per heavy atom. The Bertz CT molecular complexity index is 1020. The predicted molar refractivity (Wildman–Crippen MR) is 112 cm³/mol. The first kappa shape index (κ1) is 18.9. The van der Waals surface area contributed by atoms with Crippen LogP contribution < -0.4 is 5.73 Å². The second-order valence-corrected chi connectivity index (χ2v) is 7.53. The van der Waals surface area contributed by atoms with E-state index in [1.54, 1.807) is 15.8 Å². The van der Waals surface area contributed by atoms with Crippen LogP contribution in [0.3, 0.4) is 0 Å². The molecule has 2 N–H and O–H groups in total. The second kappa shape index (κ2) is 7.91. The number of aryl methyl sites for hydroxylation is 1. The number of hydrogen-bond acceptors (Lipinski definition) is 3. The number of nitrogens with zero attached hydrogens (tertiary/aromatic N) is 3. The van der Waals surface area contributed by atoms with Gasteiger partial charge in [0.1, 0.15) is 5.69 Å². The number of aromatic nitrogens is 2. The van der Waals surface area contributed by atoms with Crippen molar-refractivity contribution in [2.45, 2.75) is 19.8 Å². The standard InChI is InChI=1S/C23H24N4O2/c1-16-9-11-17(12-10-16)21-20(15-27(25-21)19-7-3-2-4-8-19)23(29)26-13-5-6-18(14-26)22(24)28/h2-4,7-12,15,18H,5-6,13-14H2,1H3,(H2,24,28)/t18-/m0/s1. The molecule has 2 aromatic carbocycles. The minimum atomic E-state index is -0.346. The maximum Gasteiger partial charge on any atom is 0.257 e. The van der Waals surface area contributed by atoms with Crippen molar-refractivity contribution < 1.29 is 9.59 Å². The van der Waals surface area contributed by atoms with Gasteiger partial charge in [-0.1, -0.05) is 48.0 Å². The summed E-state index contributed by atoms with van der Waals surface area (Å²) < 4.78 is 1.73. The molecule has 1 fully saturated rings. The summed E-state index contributed by atoms with van der Waals surface area (Å²) in [6.45, 7) is 3.00. The van der Waals surface area contributed by atoms with Crippen LogP contribution in [-0.2, 0) is 4.79 Å². The van der Waals surface area contributed by atoms with Gasteiger partial charge in [0.15, 0.2) is 0 Å². The minimum absolute atomic E-state index is 0.117. The molecule has 1 aliphatic heterocycles. The first-order valence-corrected chi connectivity index (χ1v) is 9.83. The van der Waals surface area contributed by atoms with E-state index in [-0.39, 0.29) is 17.7 Å². The van der Waals surface area contributed by atoms with Crippen molar-refractivity contribution in [3.05, 3.63) is 71.9 Å². The van der Waals surface area contributed by atoms with Crippen LogP contribution in [0.25, 0.3) is 16.9 Å². The molecule has 6 nitrogen and oxygen atoms in total. The number of amides is 2. The number of hydrogen-bond donors (Lipinski definition) is 1. The summed E-state index contributed by atoms with van der Waals surface area (Å²) in [5, 5.41) is 4.73. The first-order chi connectivity index (χ1) is 14.0. The third-order valence-electron chi connectivity index (χ3n) is 5.40. The Hall–Kier alpha value is -3.41. The molecule has 6 heteroatoms. The van der Waals surface area contributed by atoms with Crippen LogP contribution in [0, 0.1) is 12.8 Å². The van der Waals surface area contributed by atoms with Gasteiger partial charge in [-0.15, -0.1) is 0 Å². The van der Waals surface area contributed by atoms with Crippen LogP contribution in [0.2, 0.25) is 0 Å². The van der Waals surface area contributed by atoms with Gasteiger partial charge >= 0.3 is 0 Å². The summed E-state index contributed by atoms with van der Waals surface area (Å²) >= 11 is 0. The van der Waals surface area contributed by atoms with Crippen molar-refractivity contribution in [2.75, 3.05) is 13.1 Å². The molecule has 0 radical (unpaired) electrons. The van der Waals surface area contributed by atoms with Gasteiger partial charge in [-0.3, -0.25) is 9.59 Å². The van der Waals surface area contributed by atoms with Crippen LogP contribution in [0.5, 0.6) is 0 Å². The zero-order chi connectivity index (χ0) is 20.4. The summed E-state index contributed by atoms with van der Waals surface area (Å²) in [7, 11) is 0. The zero-order valence-electron chi connectivity index (χ0n) is 16.4. The molecule has 0 bridgehead atoms. The monoisotopic (exact) mass is 388 g/mol. The highest BCUT2D eigenvalue weighted by Gasteiger charge is 2.30. The molecule has 2 heterocycles. The van der Waals surface area contributed by atoms with Crippen molar-refractivity contribution in [1.29, 1.82) is 0 Å². The fourth-order valence-electron chi connectivity index (χ4n) is 3.73. The highest BCUT2D eigenvalue weighted by molar-refractivity contribution is 6.00. The SMILES string of the molecule is Cc1ccc(-c2nn(-c3ccccc3)cc2C(=O)N2CCC[C@H](C(N)=O)C2)cc1. The summed E-state index contributed by atoms with van der Waals surface area (Å²) in [5.41, 5.74) is 9.57. The fraction of sp³-hybridized carbons (Fsp3) is 0.261. The lowest BCUT2D eigenvalue weighted by Crippen LogP contribution is -2.44. The number of piperidine rings is 1. The smallest absolute Gasteiger partial charge is 0.257 e. The van der Waals surface area contributed by atoms with Crippen LogP contribution >= 0.6 is 0 Å². The first-order valence-electron chi connectivity index (χ1n) is 9.83. The molecule has 0 aliphatic carbocycles. The van der Waals surface area contributed by atoms with Gasteiger partial charge in [-0.2, -0.15) is 5.10 Å². The summed E-state index contributed by atoms with van der Waals surface area (Å²) in [6.07, 6.45) is 3.28. The largest absolute Gasteiger partial charge is 0.369 e. The molecule has 1 aromatic heterocycles. The van der Waals surface area contributed by atoms with Crippen LogP contribution in [0.4, 0.5) is 0 Å². The Labute approximate surface area is 169 Å². The van der Waals surface area contributed by atoms with Gasteiger partial charge in [0.25, 0.3) is 5.91 Å². The van der Waals surface area contributed by atoms with Crippen LogP contribution in [0.15, 0.2) is 60.8 Å². The number of benzene rings is 2. The lowest BCUT2D eigenvalue weighted by molar-refractivity contribution is -0.123. The summed E-state index contributed by atoms with van der Waals surface area (Å²) in [4.78, 5) is 26.8. The molecule has 0 saturated carbocycles. The van der Waals surface area contributed by atoms with E-state index >= 15 is 0 Å². The average Bonchev–Trinajstić information content (AvgIpc) is 3.20.